The summed E-state index contributed by atoms with van der Waals surface area (Å²) in [6, 6.07) is 11.3. The third kappa shape index (κ3) is 4.57. The van der Waals surface area contributed by atoms with Crippen LogP contribution in [0.2, 0.25) is 5.02 Å². The largest absolute Gasteiger partial charge is 0.495 e. The van der Waals surface area contributed by atoms with Gasteiger partial charge >= 0.3 is 0 Å². The van der Waals surface area contributed by atoms with Gasteiger partial charge in [0.05, 0.1) is 18.1 Å². The average molecular weight is 391 g/mol. The van der Waals surface area contributed by atoms with Gasteiger partial charge in [0.15, 0.2) is 0 Å². The van der Waals surface area contributed by atoms with Gasteiger partial charge in [-0.25, -0.2) is 4.39 Å². The number of hydrogen-bond donors (Lipinski definition) is 1. The first-order valence-corrected chi connectivity index (χ1v) is 9.02. The number of amides is 2. The number of anilines is 1. The number of rotatable bonds is 6. The summed E-state index contributed by atoms with van der Waals surface area (Å²) in [7, 11) is 1.52. The summed E-state index contributed by atoms with van der Waals surface area (Å²) in [5.41, 5.74) is 1.58. The van der Waals surface area contributed by atoms with Crippen LogP contribution in [-0.4, -0.2) is 32.0 Å². The van der Waals surface area contributed by atoms with E-state index >= 15 is 0 Å². The van der Waals surface area contributed by atoms with Crippen molar-refractivity contribution in [3.05, 3.63) is 58.9 Å². The summed E-state index contributed by atoms with van der Waals surface area (Å²) in [5, 5.41) is 3.26. The number of halogens is 2. The van der Waals surface area contributed by atoms with Crippen LogP contribution >= 0.6 is 11.6 Å². The fourth-order valence-electron chi connectivity index (χ4n) is 3.08. The molecule has 0 saturated carbocycles. The van der Waals surface area contributed by atoms with E-state index in [1.807, 2.05) is 0 Å². The van der Waals surface area contributed by atoms with E-state index in [-0.39, 0.29) is 24.1 Å². The maximum absolute atomic E-state index is 12.9. The molecule has 2 aromatic carbocycles. The van der Waals surface area contributed by atoms with Crippen molar-refractivity contribution in [3.63, 3.8) is 0 Å². The third-order valence-electron chi connectivity index (χ3n) is 4.57. The predicted molar refractivity (Wildman–Crippen MR) is 102 cm³/mol. The molecular weight excluding hydrogens is 371 g/mol. The molecule has 2 amide bonds. The first kappa shape index (κ1) is 19.2. The summed E-state index contributed by atoms with van der Waals surface area (Å²) >= 11 is 6.13. The van der Waals surface area contributed by atoms with Gasteiger partial charge in [0.1, 0.15) is 11.6 Å². The van der Waals surface area contributed by atoms with Gasteiger partial charge in [-0.2, -0.15) is 0 Å². The molecule has 5 nitrogen and oxygen atoms in total. The van der Waals surface area contributed by atoms with Crippen LogP contribution in [0.25, 0.3) is 0 Å². The van der Waals surface area contributed by atoms with Crippen molar-refractivity contribution in [2.75, 3.05) is 25.1 Å². The minimum absolute atomic E-state index is 0.116. The molecule has 0 spiro atoms. The van der Waals surface area contributed by atoms with Crippen molar-refractivity contribution < 1.29 is 18.7 Å². The third-order valence-corrected chi connectivity index (χ3v) is 4.86. The van der Waals surface area contributed by atoms with Crippen LogP contribution in [-0.2, 0) is 16.0 Å². The standard InChI is InChI=1S/C20H20ClFN2O3/c1-27-18-7-6-16(11-17(18)21)24-12-14(10-19(24)25)20(26)23-9-8-13-2-4-15(22)5-3-13/h2-7,11,14H,8-10,12H2,1H3,(H,23,26). The van der Waals surface area contributed by atoms with Crippen molar-refractivity contribution >= 4 is 29.1 Å². The highest BCUT2D eigenvalue weighted by Gasteiger charge is 2.35. The summed E-state index contributed by atoms with van der Waals surface area (Å²) < 4.78 is 18.0. The van der Waals surface area contributed by atoms with Crippen LogP contribution in [0, 0.1) is 11.7 Å². The van der Waals surface area contributed by atoms with Gasteiger partial charge < -0.3 is 15.0 Å². The van der Waals surface area contributed by atoms with Crippen LogP contribution in [0.5, 0.6) is 5.75 Å². The maximum Gasteiger partial charge on any atom is 0.227 e. The van der Waals surface area contributed by atoms with E-state index in [0.29, 0.717) is 36.0 Å². The Balaban J connectivity index is 1.55. The Bertz CT molecular complexity index is 842. The Morgan fingerprint density at radius 1 is 1.30 bits per heavy atom. The highest BCUT2D eigenvalue weighted by molar-refractivity contribution is 6.32. The highest BCUT2D eigenvalue weighted by atomic mass is 35.5. The number of nitrogens with one attached hydrogen (secondary N) is 1. The summed E-state index contributed by atoms with van der Waals surface area (Å²) in [5.74, 6) is -0.442. The topological polar surface area (TPSA) is 58.6 Å². The number of carbonyl (C=O) groups excluding carboxylic acids is 2. The van der Waals surface area contributed by atoms with E-state index in [1.165, 1.54) is 19.2 Å². The predicted octanol–water partition coefficient (Wildman–Crippen LogP) is 3.20. The molecule has 1 saturated heterocycles. The molecule has 0 aliphatic carbocycles. The molecule has 2 aromatic rings. The molecule has 1 fully saturated rings. The van der Waals surface area contributed by atoms with Gasteiger partial charge in [0.25, 0.3) is 0 Å². The van der Waals surface area contributed by atoms with E-state index in [0.717, 1.165) is 5.56 Å². The Hall–Kier alpha value is -2.60. The van der Waals surface area contributed by atoms with Gasteiger partial charge in [-0.05, 0) is 42.3 Å². The number of hydrogen-bond acceptors (Lipinski definition) is 3. The Labute approximate surface area is 162 Å². The number of ether oxygens (including phenoxy) is 1. The fraction of sp³-hybridized carbons (Fsp3) is 0.300. The van der Waals surface area contributed by atoms with E-state index in [1.54, 1.807) is 35.2 Å². The highest BCUT2D eigenvalue weighted by Crippen LogP contribution is 2.32. The van der Waals surface area contributed by atoms with Crippen LogP contribution in [0.3, 0.4) is 0 Å². The van der Waals surface area contributed by atoms with Crippen LogP contribution in [0.15, 0.2) is 42.5 Å². The molecule has 0 bridgehead atoms. The number of nitrogens with zero attached hydrogens (tertiary/aromatic N) is 1. The lowest BCUT2D eigenvalue weighted by atomic mass is 10.1. The van der Waals surface area contributed by atoms with Gasteiger partial charge in [-0.3, -0.25) is 9.59 Å². The van der Waals surface area contributed by atoms with Crippen molar-refractivity contribution in [2.24, 2.45) is 5.92 Å². The smallest absolute Gasteiger partial charge is 0.227 e. The second-order valence-corrected chi connectivity index (χ2v) is 6.80. The molecule has 3 rings (SSSR count). The van der Waals surface area contributed by atoms with Gasteiger partial charge in [-0.15, -0.1) is 0 Å². The second-order valence-electron chi connectivity index (χ2n) is 6.39. The van der Waals surface area contributed by atoms with Crippen LogP contribution < -0.4 is 15.0 Å². The Morgan fingerprint density at radius 2 is 2.04 bits per heavy atom. The lowest BCUT2D eigenvalue weighted by Gasteiger charge is -2.18. The summed E-state index contributed by atoms with van der Waals surface area (Å²) in [6.45, 7) is 0.743. The second kappa shape index (κ2) is 8.39. The van der Waals surface area contributed by atoms with Crippen molar-refractivity contribution in [1.82, 2.24) is 5.32 Å². The molecule has 0 aromatic heterocycles. The minimum atomic E-state index is -0.411. The fourth-order valence-corrected chi connectivity index (χ4v) is 3.33. The lowest BCUT2D eigenvalue weighted by molar-refractivity contribution is -0.126. The molecule has 27 heavy (non-hydrogen) atoms. The number of methoxy groups -OCH3 is 1. The summed E-state index contributed by atoms with van der Waals surface area (Å²) in [4.78, 5) is 26.3. The van der Waals surface area contributed by atoms with E-state index in [2.05, 4.69) is 5.32 Å². The van der Waals surface area contributed by atoms with E-state index in [4.69, 9.17) is 16.3 Å². The van der Waals surface area contributed by atoms with Crippen molar-refractivity contribution in [1.29, 1.82) is 0 Å². The molecule has 1 N–H and O–H groups in total. The molecule has 142 valence electrons. The van der Waals surface area contributed by atoms with Crippen molar-refractivity contribution in [2.45, 2.75) is 12.8 Å². The molecule has 1 heterocycles. The Kier molecular flexibility index (Phi) is 5.96. The van der Waals surface area contributed by atoms with Gasteiger partial charge in [0, 0.05) is 25.2 Å². The molecule has 7 heteroatoms. The van der Waals surface area contributed by atoms with Crippen LogP contribution in [0.1, 0.15) is 12.0 Å². The van der Waals surface area contributed by atoms with E-state index < -0.39 is 5.92 Å². The van der Waals surface area contributed by atoms with Crippen LogP contribution in [0.4, 0.5) is 10.1 Å². The number of carbonyl (C=O) groups is 2. The monoisotopic (exact) mass is 390 g/mol. The SMILES string of the molecule is COc1ccc(N2CC(C(=O)NCCc3ccc(F)cc3)CC2=O)cc1Cl. The quantitative estimate of drug-likeness (QED) is 0.824. The molecule has 1 unspecified atom stereocenters. The van der Waals surface area contributed by atoms with Gasteiger partial charge in [0.2, 0.25) is 11.8 Å². The zero-order chi connectivity index (χ0) is 19.4. The van der Waals surface area contributed by atoms with Gasteiger partial charge in [-0.1, -0.05) is 23.7 Å². The summed E-state index contributed by atoms with van der Waals surface area (Å²) in [6.07, 6.45) is 0.760. The molecular formula is C20H20ClFN2O3. The van der Waals surface area contributed by atoms with Crippen molar-refractivity contribution in [3.8, 4) is 5.75 Å². The minimum Gasteiger partial charge on any atom is -0.495 e. The Morgan fingerprint density at radius 3 is 2.70 bits per heavy atom. The molecule has 1 aliphatic rings. The first-order valence-electron chi connectivity index (χ1n) is 8.64. The zero-order valence-corrected chi connectivity index (χ0v) is 15.6. The average Bonchev–Trinajstić information content (AvgIpc) is 3.05. The zero-order valence-electron chi connectivity index (χ0n) is 14.9. The molecule has 0 radical (unpaired) electrons. The lowest BCUT2D eigenvalue weighted by Crippen LogP contribution is -2.34. The normalized spacial score (nSPS) is 16.5. The number of benzene rings is 2. The molecule has 1 atom stereocenters. The first-order chi connectivity index (χ1) is 13.0. The molecule has 1 aliphatic heterocycles. The van der Waals surface area contributed by atoms with E-state index in [9.17, 15) is 14.0 Å². The maximum atomic E-state index is 12.9.